The zero-order valence-electron chi connectivity index (χ0n) is 7.49. The van der Waals surface area contributed by atoms with E-state index in [1.807, 2.05) is 0 Å². The van der Waals surface area contributed by atoms with Crippen LogP contribution in [0.1, 0.15) is 17.4 Å². The minimum Gasteiger partial charge on any atom is -0.293 e. The Morgan fingerprint density at radius 1 is 1.50 bits per heavy atom. The fourth-order valence-electron chi connectivity index (χ4n) is 1.22. The zero-order valence-corrected chi connectivity index (χ0v) is 8.25. The Morgan fingerprint density at radius 2 is 2.29 bits per heavy atom. The molecule has 0 aliphatic rings. The van der Waals surface area contributed by atoms with Crippen molar-refractivity contribution >= 4 is 28.3 Å². The smallest absolute Gasteiger partial charge is 0.178 e. The van der Waals surface area contributed by atoms with E-state index in [4.69, 9.17) is 11.6 Å². The molecule has 0 aromatic carbocycles. The van der Waals surface area contributed by atoms with Crippen molar-refractivity contribution in [3.63, 3.8) is 0 Å². The Bertz CT molecular complexity index is 510. The van der Waals surface area contributed by atoms with E-state index in [-0.39, 0.29) is 5.78 Å². The van der Waals surface area contributed by atoms with Crippen LogP contribution in [0.2, 0.25) is 5.02 Å². The molecule has 4 heteroatoms. The van der Waals surface area contributed by atoms with Crippen LogP contribution in [-0.2, 0) is 0 Å². The van der Waals surface area contributed by atoms with E-state index in [0.29, 0.717) is 16.2 Å². The average Bonchev–Trinajstić information content (AvgIpc) is 2.17. The van der Waals surface area contributed by atoms with Crippen molar-refractivity contribution in [1.29, 1.82) is 0 Å². The zero-order chi connectivity index (χ0) is 10.1. The predicted octanol–water partition coefficient (Wildman–Crippen LogP) is 2.49. The Kier molecular flexibility index (Phi) is 2.17. The molecule has 0 atom stereocenters. The first-order valence-corrected chi connectivity index (χ1v) is 4.47. The molecular formula is C10H7ClN2O. The number of fused-ring (bicyclic) bond motifs is 1. The molecule has 0 N–H and O–H groups in total. The fraction of sp³-hybridized carbons (Fsp3) is 0.100. The molecule has 0 aliphatic heterocycles. The highest BCUT2D eigenvalue weighted by atomic mass is 35.5. The average molecular weight is 207 g/mol. The second-order valence-corrected chi connectivity index (χ2v) is 3.35. The maximum Gasteiger partial charge on any atom is 0.178 e. The van der Waals surface area contributed by atoms with Crippen LogP contribution >= 0.6 is 11.6 Å². The van der Waals surface area contributed by atoms with Crippen molar-refractivity contribution in [3.8, 4) is 0 Å². The van der Waals surface area contributed by atoms with Crippen LogP contribution in [0.4, 0.5) is 0 Å². The summed E-state index contributed by atoms with van der Waals surface area (Å²) < 4.78 is 0. The van der Waals surface area contributed by atoms with Gasteiger partial charge in [-0.15, -0.1) is 0 Å². The van der Waals surface area contributed by atoms with Gasteiger partial charge in [0.25, 0.3) is 0 Å². The van der Waals surface area contributed by atoms with Crippen molar-refractivity contribution in [2.75, 3.05) is 0 Å². The number of halogens is 1. The van der Waals surface area contributed by atoms with Gasteiger partial charge in [0.1, 0.15) is 5.69 Å². The lowest BCUT2D eigenvalue weighted by atomic mass is 10.2. The summed E-state index contributed by atoms with van der Waals surface area (Å²) >= 11 is 5.99. The van der Waals surface area contributed by atoms with Gasteiger partial charge in [0.2, 0.25) is 0 Å². The minimum absolute atomic E-state index is 0.0994. The van der Waals surface area contributed by atoms with Crippen LogP contribution in [0.15, 0.2) is 24.5 Å². The molecule has 0 radical (unpaired) electrons. The van der Waals surface area contributed by atoms with Crippen molar-refractivity contribution in [2.45, 2.75) is 6.92 Å². The first-order valence-electron chi connectivity index (χ1n) is 4.09. The topological polar surface area (TPSA) is 42.9 Å². The lowest BCUT2D eigenvalue weighted by Gasteiger charge is -2.01. The number of aromatic nitrogens is 2. The number of carbonyl (C=O) groups excluding carboxylic acids is 1. The van der Waals surface area contributed by atoms with Crippen LogP contribution in [0.5, 0.6) is 0 Å². The normalized spacial score (nSPS) is 10.4. The van der Waals surface area contributed by atoms with Crippen molar-refractivity contribution in [3.05, 3.63) is 35.2 Å². The highest BCUT2D eigenvalue weighted by molar-refractivity contribution is 6.35. The Morgan fingerprint density at radius 3 is 3.00 bits per heavy atom. The number of hydrogen-bond acceptors (Lipinski definition) is 3. The van der Waals surface area contributed by atoms with Crippen LogP contribution in [0.3, 0.4) is 0 Å². The van der Waals surface area contributed by atoms with Gasteiger partial charge in [-0.25, -0.2) is 4.98 Å². The lowest BCUT2D eigenvalue weighted by Crippen LogP contribution is -1.97. The van der Waals surface area contributed by atoms with E-state index < -0.39 is 0 Å². The number of pyridine rings is 2. The summed E-state index contributed by atoms with van der Waals surface area (Å²) in [5, 5.41) is 1.34. The Balaban J connectivity index is 2.78. The van der Waals surface area contributed by atoms with Crippen LogP contribution in [-0.4, -0.2) is 15.8 Å². The molecule has 0 saturated heterocycles. The molecule has 2 aromatic heterocycles. The fourth-order valence-corrected chi connectivity index (χ4v) is 1.48. The van der Waals surface area contributed by atoms with Crippen molar-refractivity contribution in [2.24, 2.45) is 0 Å². The van der Waals surface area contributed by atoms with Gasteiger partial charge in [-0.1, -0.05) is 11.6 Å². The van der Waals surface area contributed by atoms with Gasteiger partial charge in [-0.05, 0) is 12.1 Å². The molecule has 0 saturated carbocycles. The molecule has 0 unspecified atom stereocenters. The second-order valence-electron chi connectivity index (χ2n) is 2.94. The summed E-state index contributed by atoms with van der Waals surface area (Å²) in [5.41, 5.74) is 1.01. The summed E-state index contributed by atoms with van der Waals surface area (Å²) in [4.78, 5) is 19.2. The number of rotatable bonds is 1. The number of hydrogen-bond donors (Lipinski definition) is 0. The summed E-state index contributed by atoms with van der Waals surface area (Å²) in [6.45, 7) is 1.46. The maximum absolute atomic E-state index is 11.1. The molecular weight excluding hydrogens is 200 g/mol. The molecule has 0 amide bonds. The summed E-state index contributed by atoms with van der Waals surface area (Å²) in [7, 11) is 0. The highest BCUT2D eigenvalue weighted by Gasteiger charge is 2.06. The summed E-state index contributed by atoms with van der Waals surface area (Å²) in [6.07, 6.45) is 3.23. The summed E-state index contributed by atoms with van der Waals surface area (Å²) in [6, 6.07) is 3.35. The number of carbonyl (C=O) groups is 1. The van der Waals surface area contributed by atoms with E-state index in [9.17, 15) is 4.79 Å². The van der Waals surface area contributed by atoms with Gasteiger partial charge in [0, 0.05) is 18.5 Å². The monoisotopic (exact) mass is 206 g/mol. The van der Waals surface area contributed by atoms with Crippen molar-refractivity contribution in [1.82, 2.24) is 9.97 Å². The number of ketones is 1. The van der Waals surface area contributed by atoms with Crippen LogP contribution < -0.4 is 0 Å². The third kappa shape index (κ3) is 1.46. The van der Waals surface area contributed by atoms with Crippen molar-refractivity contribution < 1.29 is 4.79 Å². The van der Waals surface area contributed by atoms with Gasteiger partial charge in [0.15, 0.2) is 5.78 Å². The molecule has 2 aromatic rings. The number of Topliss-reactive ketones (excluding diaryl/α,β-unsaturated/α-hetero) is 1. The molecule has 0 spiro atoms. The molecule has 70 valence electrons. The Labute approximate surface area is 85.7 Å². The van der Waals surface area contributed by atoms with Gasteiger partial charge in [0.05, 0.1) is 16.7 Å². The van der Waals surface area contributed by atoms with E-state index >= 15 is 0 Å². The minimum atomic E-state index is -0.0994. The second kappa shape index (κ2) is 3.35. The van der Waals surface area contributed by atoms with Gasteiger partial charge < -0.3 is 0 Å². The molecule has 3 nitrogen and oxygen atoms in total. The predicted molar refractivity (Wildman–Crippen MR) is 54.6 cm³/mol. The van der Waals surface area contributed by atoms with E-state index in [2.05, 4.69) is 9.97 Å². The van der Waals surface area contributed by atoms with Gasteiger partial charge in [-0.2, -0.15) is 0 Å². The molecule has 0 fully saturated rings. The largest absolute Gasteiger partial charge is 0.293 e. The molecule has 0 bridgehead atoms. The first-order chi connectivity index (χ1) is 6.68. The Hall–Kier alpha value is -1.48. The third-order valence-electron chi connectivity index (χ3n) is 1.92. The maximum atomic E-state index is 11.1. The van der Waals surface area contributed by atoms with E-state index in [1.165, 1.54) is 6.92 Å². The van der Waals surface area contributed by atoms with E-state index in [1.54, 1.807) is 24.5 Å². The SMILES string of the molecule is CC(=O)c1cc(Cl)c2ccncc2n1. The third-order valence-corrected chi connectivity index (χ3v) is 2.24. The standard InChI is InChI=1S/C10H7ClN2O/c1-6(14)9-4-8(11)7-2-3-12-5-10(7)13-9/h2-5H,1H3. The van der Waals surface area contributed by atoms with Crippen LogP contribution in [0.25, 0.3) is 10.9 Å². The molecule has 2 heterocycles. The number of nitrogens with zero attached hydrogens (tertiary/aromatic N) is 2. The first kappa shape index (κ1) is 9.09. The van der Waals surface area contributed by atoms with Gasteiger partial charge in [-0.3, -0.25) is 9.78 Å². The molecule has 0 aliphatic carbocycles. The van der Waals surface area contributed by atoms with Crippen LogP contribution in [0, 0.1) is 0 Å². The highest BCUT2D eigenvalue weighted by Crippen LogP contribution is 2.21. The quantitative estimate of drug-likeness (QED) is 0.674. The van der Waals surface area contributed by atoms with Gasteiger partial charge >= 0.3 is 0 Å². The molecule has 14 heavy (non-hydrogen) atoms. The van der Waals surface area contributed by atoms with E-state index in [0.717, 1.165) is 5.39 Å². The lowest BCUT2D eigenvalue weighted by molar-refractivity contribution is 0.101. The summed E-state index contributed by atoms with van der Waals surface area (Å²) in [5.74, 6) is -0.0994. The molecule has 2 rings (SSSR count).